The van der Waals surface area contributed by atoms with E-state index in [2.05, 4.69) is 33.0 Å². The molecular weight excluding hydrogens is 470 g/mol. The van der Waals surface area contributed by atoms with Gasteiger partial charge in [-0.2, -0.15) is 0 Å². The molecule has 148 valence electrons. The number of ether oxygens (including phenoxy) is 1. The normalized spacial score (nSPS) is 16.8. The summed E-state index contributed by atoms with van der Waals surface area (Å²) in [7, 11) is 0. The fraction of sp³-hybridized carbons (Fsp3) is 0.286. The molecule has 1 fully saturated rings. The molecule has 0 amide bonds. The van der Waals surface area contributed by atoms with Crippen molar-refractivity contribution >= 4 is 59.5 Å². The number of benzene rings is 1. The SMILES string of the molecule is O=c1c2sc3ncccc3c2nc(SCc2cccc(Br)c2)n1CC1CCCO1. The first-order chi connectivity index (χ1) is 14.2. The van der Waals surface area contributed by atoms with E-state index in [0.29, 0.717) is 11.2 Å². The average molecular weight is 488 g/mol. The summed E-state index contributed by atoms with van der Waals surface area (Å²) in [5, 5.41) is 1.68. The molecule has 1 aliphatic rings. The molecule has 0 aliphatic carbocycles. The molecule has 0 saturated carbocycles. The minimum absolute atomic E-state index is 0.00485. The molecule has 5 rings (SSSR count). The number of nitrogens with zero attached hydrogens (tertiary/aromatic N) is 3. The van der Waals surface area contributed by atoms with Crippen LogP contribution >= 0.6 is 39.0 Å². The van der Waals surface area contributed by atoms with Crippen molar-refractivity contribution in [3.8, 4) is 0 Å². The van der Waals surface area contributed by atoms with Crippen molar-refractivity contribution in [3.63, 3.8) is 0 Å². The number of thioether (sulfide) groups is 1. The Morgan fingerprint density at radius 3 is 3.07 bits per heavy atom. The van der Waals surface area contributed by atoms with E-state index in [-0.39, 0.29) is 11.7 Å². The first-order valence-electron chi connectivity index (χ1n) is 9.46. The van der Waals surface area contributed by atoms with E-state index in [1.807, 2.05) is 24.3 Å². The van der Waals surface area contributed by atoms with Gasteiger partial charge < -0.3 is 4.74 Å². The van der Waals surface area contributed by atoms with Gasteiger partial charge in [0.2, 0.25) is 0 Å². The molecular formula is C21H18BrN3O2S2. The molecule has 5 nitrogen and oxygen atoms in total. The van der Waals surface area contributed by atoms with Gasteiger partial charge in [0.05, 0.1) is 18.2 Å². The average Bonchev–Trinajstić information content (AvgIpc) is 3.37. The lowest BCUT2D eigenvalue weighted by atomic mass is 10.2. The van der Waals surface area contributed by atoms with E-state index >= 15 is 0 Å². The maximum atomic E-state index is 13.4. The lowest BCUT2D eigenvalue weighted by Gasteiger charge is -2.15. The number of pyridine rings is 1. The third kappa shape index (κ3) is 3.86. The zero-order valence-electron chi connectivity index (χ0n) is 15.5. The van der Waals surface area contributed by atoms with Crippen molar-refractivity contribution < 1.29 is 4.74 Å². The Morgan fingerprint density at radius 1 is 1.31 bits per heavy atom. The van der Waals surface area contributed by atoms with E-state index in [0.717, 1.165) is 50.6 Å². The van der Waals surface area contributed by atoms with Gasteiger partial charge in [0.25, 0.3) is 5.56 Å². The minimum Gasteiger partial charge on any atom is -0.376 e. The highest BCUT2D eigenvalue weighted by Gasteiger charge is 2.22. The molecule has 3 aromatic heterocycles. The highest BCUT2D eigenvalue weighted by molar-refractivity contribution is 9.10. The van der Waals surface area contributed by atoms with Crippen LogP contribution in [-0.2, 0) is 17.0 Å². The molecule has 4 aromatic rings. The number of aromatic nitrogens is 3. The molecule has 4 heterocycles. The summed E-state index contributed by atoms with van der Waals surface area (Å²) in [6, 6.07) is 12.1. The predicted molar refractivity (Wildman–Crippen MR) is 122 cm³/mol. The molecule has 0 radical (unpaired) electrons. The van der Waals surface area contributed by atoms with E-state index in [1.54, 1.807) is 22.5 Å². The van der Waals surface area contributed by atoms with Crippen molar-refractivity contribution in [2.75, 3.05) is 6.61 Å². The number of hydrogen-bond acceptors (Lipinski definition) is 6. The third-order valence-electron chi connectivity index (χ3n) is 4.98. The van der Waals surface area contributed by atoms with Crippen molar-refractivity contribution in [2.24, 2.45) is 0 Å². The van der Waals surface area contributed by atoms with Crippen LogP contribution in [0.15, 0.2) is 57.0 Å². The quantitative estimate of drug-likeness (QED) is 0.284. The van der Waals surface area contributed by atoms with Gasteiger partial charge in [0, 0.05) is 28.4 Å². The molecule has 1 unspecified atom stereocenters. The van der Waals surface area contributed by atoms with Crippen molar-refractivity contribution in [2.45, 2.75) is 36.4 Å². The highest BCUT2D eigenvalue weighted by Crippen LogP contribution is 2.32. The maximum Gasteiger partial charge on any atom is 0.272 e. The molecule has 1 atom stereocenters. The molecule has 1 aromatic carbocycles. The van der Waals surface area contributed by atoms with Crippen LogP contribution in [0.4, 0.5) is 0 Å². The Bertz CT molecular complexity index is 1250. The Balaban J connectivity index is 1.60. The maximum absolute atomic E-state index is 13.4. The van der Waals surface area contributed by atoms with Crippen LogP contribution in [0.3, 0.4) is 0 Å². The number of thiophene rings is 1. The van der Waals surface area contributed by atoms with Gasteiger partial charge in [-0.25, -0.2) is 9.97 Å². The topological polar surface area (TPSA) is 57.0 Å². The lowest BCUT2D eigenvalue weighted by Crippen LogP contribution is -2.28. The van der Waals surface area contributed by atoms with Gasteiger partial charge >= 0.3 is 0 Å². The van der Waals surface area contributed by atoms with Gasteiger partial charge in [-0.15, -0.1) is 11.3 Å². The minimum atomic E-state index is 0.00485. The molecule has 0 spiro atoms. The standard InChI is InChI=1S/C21H18BrN3O2S2/c22-14-5-1-4-13(10-14)12-28-21-24-17-16-7-2-8-23-19(16)29-18(17)20(26)25(21)11-15-6-3-9-27-15/h1-2,4-5,7-8,10,15H,3,6,9,11-12H2. The van der Waals surface area contributed by atoms with Crippen molar-refractivity contribution in [1.29, 1.82) is 0 Å². The summed E-state index contributed by atoms with van der Waals surface area (Å²) >= 11 is 6.54. The summed E-state index contributed by atoms with van der Waals surface area (Å²) in [4.78, 5) is 23.6. The van der Waals surface area contributed by atoms with E-state index in [4.69, 9.17) is 9.72 Å². The third-order valence-corrected chi connectivity index (χ3v) is 7.62. The van der Waals surface area contributed by atoms with E-state index in [1.165, 1.54) is 16.9 Å². The van der Waals surface area contributed by atoms with Gasteiger partial charge in [-0.05, 0) is 42.7 Å². The second-order valence-corrected chi connectivity index (χ2v) is 9.86. The highest BCUT2D eigenvalue weighted by atomic mass is 79.9. The van der Waals surface area contributed by atoms with E-state index < -0.39 is 0 Å². The van der Waals surface area contributed by atoms with Crippen LogP contribution in [-0.4, -0.2) is 27.2 Å². The lowest BCUT2D eigenvalue weighted by molar-refractivity contribution is 0.0938. The van der Waals surface area contributed by atoms with Crippen LogP contribution in [0.25, 0.3) is 20.4 Å². The number of rotatable bonds is 5. The number of hydrogen-bond donors (Lipinski definition) is 0. The molecule has 29 heavy (non-hydrogen) atoms. The molecule has 0 N–H and O–H groups in total. The fourth-order valence-electron chi connectivity index (χ4n) is 3.58. The van der Waals surface area contributed by atoms with Crippen molar-refractivity contribution in [3.05, 3.63) is 63.0 Å². The Hall–Kier alpha value is -1.74. The first-order valence-corrected chi connectivity index (χ1v) is 12.1. The van der Waals surface area contributed by atoms with E-state index in [9.17, 15) is 4.79 Å². The first kappa shape index (κ1) is 19.2. The smallest absolute Gasteiger partial charge is 0.272 e. The van der Waals surface area contributed by atoms with Crippen LogP contribution < -0.4 is 5.56 Å². The molecule has 0 bridgehead atoms. The summed E-state index contributed by atoms with van der Waals surface area (Å²) < 4.78 is 9.32. The molecule has 1 aliphatic heterocycles. The monoisotopic (exact) mass is 487 g/mol. The Labute approximate surface area is 184 Å². The van der Waals surface area contributed by atoms with Crippen molar-refractivity contribution in [1.82, 2.24) is 14.5 Å². The second-order valence-electron chi connectivity index (χ2n) is 7.00. The van der Waals surface area contributed by atoms with Gasteiger partial charge in [-0.1, -0.05) is 39.8 Å². The Morgan fingerprint density at radius 2 is 2.24 bits per heavy atom. The van der Waals surface area contributed by atoms with Gasteiger partial charge in [-0.3, -0.25) is 9.36 Å². The van der Waals surface area contributed by atoms with Crippen LogP contribution in [0.1, 0.15) is 18.4 Å². The van der Waals surface area contributed by atoms with Gasteiger partial charge in [0.1, 0.15) is 9.53 Å². The largest absolute Gasteiger partial charge is 0.376 e. The van der Waals surface area contributed by atoms with Crippen LogP contribution in [0, 0.1) is 0 Å². The molecule has 1 saturated heterocycles. The van der Waals surface area contributed by atoms with Gasteiger partial charge in [0.15, 0.2) is 5.16 Å². The summed E-state index contributed by atoms with van der Waals surface area (Å²) in [6.45, 7) is 1.31. The molecule has 8 heteroatoms. The number of fused-ring (bicyclic) bond motifs is 3. The zero-order valence-corrected chi connectivity index (χ0v) is 18.7. The summed E-state index contributed by atoms with van der Waals surface area (Å²) in [6.07, 6.45) is 3.85. The predicted octanol–water partition coefficient (Wildman–Crippen LogP) is 5.24. The Kier molecular flexibility index (Phi) is 5.43. The summed E-state index contributed by atoms with van der Waals surface area (Å²) in [5.74, 6) is 0.739. The number of halogens is 1. The zero-order chi connectivity index (χ0) is 19.8. The van der Waals surface area contributed by atoms with Crippen LogP contribution in [0.5, 0.6) is 0 Å². The fourth-order valence-corrected chi connectivity index (χ4v) is 6.00. The van der Waals surface area contributed by atoms with Crippen LogP contribution in [0.2, 0.25) is 0 Å². The summed E-state index contributed by atoms with van der Waals surface area (Å²) in [5.41, 5.74) is 1.94. The second kappa shape index (κ2) is 8.18.